The maximum atomic E-state index is 13.4. The van der Waals surface area contributed by atoms with Gasteiger partial charge in [0.25, 0.3) is 5.91 Å². The average Bonchev–Trinajstić information content (AvgIpc) is 2.89. The van der Waals surface area contributed by atoms with Gasteiger partial charge in [-0.25, -0.2) is 13.9 Å². The van der Waals surface area contributed by atoms with E-state index in [1.807, 2.05) is 29.2 Å². The Morgan fingerprint density at radius 3 is 2.00 bits per heavy atom. The SMILES string of the molecule is CC(=O)N1CCN(c2ccc(Oc3ccc(S(=O)(=O)C4(C(=O)NO)CCSCC4)cc3)cc2)CC1. The quantitative estimate of drug-likeness (QED) is 0.442. The van der Waals surface area contributed by atoms with Gasteiger partial charge in [0.2, 0.25) is 5.91 Å². The van der Waals surface area contributed by atoms with Crippen molar-refractivity contribution < 1.29 is 28.0 Å². The molecule has 11 heteroatoms. The van der Waals surface area contributed by atoms with Gasteiger partial charge in [0.1, 0.15) is 11.5 Å². The Bertz CT molecular complexity index is 1150. The summed E-state index contributed by atoms with van der Waals surface area (Å²) in [5, 5.41) is 9.20. The minimum absolute atomic E-state index is 0.0143. The average molecular weight is 520 g/mol. The van der Waals surface area contributed by atoms with Crippen LogP contribution in [0.25, 0.3) is 0 Å². The van der Waals surface area contributed by atoms with Gasteiger partial charge in [0, 0.05) is 38.8 Å². The second-order valence-corrected chi connectivity index (χ2v) is 12.1. The van der Waals surface area contributed by atoms with Gasteiger partial charge < -0.3 is 14.5 Å². The lowest BCUT2D eigenvalue weighted by molar-refractivity contribution is -0.132. The highest BCUT2D eigenvalue weighted by molar-refractivity contribution is 7.99. The van der Waals surface area contributed by atoms with Crippen LogP contribution < -0.4 is 15.1 Å². The standard InChI is InChI=1S/C24H29N3O6S2/c1-18(28)26-12-14-27(15-13-26)19-2-4-20(5-3-19)33-21-6-8-22(9-7-21)35(31,32)24(23(29)25-30)10-16-34-17-11-24/h2-9,30H,10-17H2,1H3,(H,25,29). The summed E-state index contributed by atoms with van der Waals surface area (Å²) in [4.78, 5) is 28.0. The van der Waals surface area contributed by atoms with Crippen molar-refractivity contribution in [1.82, 2.24) is 10.4 Å². The largest absolute Gasteiger partial charge is 0.457 e. The molecule has 0 atom stereocenters. The number of piperazine rings is 1. The van der Waals surface area contributed by atoms with Crippen molar-refractivity contribution in [3.8, 4) is 11.5 Å². The van der Waals surface area contributed by atoms with Crippen molar-refractivity contribution in [3.05, 3.63) is 48.5 Å². The summed E-state index contributed by atoms with van der Waals surface area (Å²) >= 11 is 1.59. The molecule has 2 saturated heterocycles. The number of rotatable bonds is 6. The fraction of sp³-hybridized carbons (Fsp3) is 0.417. The van der Waals surface area contributed by atoms with Crippen LogP contribution in [-0.2, 0) is 19.4 Å². The van der Waals surface area contributed by atoms with Crippen LogP contribution in [0.2, 0.25) is 0 Å². The number of hydroxylamine groups is 1. The fourth-order valence-corrected chi connectivity index (χ4v) is 7.90. The molecule has 0 aromatic heterocycles. The number of anilines is 1. The first kappa shape index (κ1) is 25.3. The van der Waals surface area contributed by atoms with Crippen LogP contribution in [0.3, 0.4) is 0 Å². The topological polar surface area (TPSA) is 116 Å². The number of carbonyl (C=O) groups is 2. The molecule has 2 aliphatic heterocycles. The summed E-state index contributed by atoms with van der Waals surface area (Å²) in [6.07, 6.45) is 0.279. The van der Waals surface area contributed by atoms with E-state index in [2.05, 4.69) is 4.90 Å². The molecule has 2 amide bonds. The van der Waals surface area contributed by atoms with Crippen molar-refractivity contribution in [1.29, 1.82) is 0 Å². The Morgan fingerprint density at radius 1 is 0.943 bits per heavy atom. The van der Waals surface area contributed by atoms with Crippen LogP contribution in [0.15, 0.2) is 53.4 Å². The minimum Gasteiger partial charge on any atom is -0.457 e. The van der Waals surface area contributed by atoms with E-state index in [1.54, 1.807) is 36.3 Å². The van der Waals surface area contributed by atoms with Gasteiger partial charge in [0.05, 0.1) is 4.90 Å². The van der Waals surface area contributed by atoms with E-state index in [1.165, 1.54) is 12.1 Å². The molecular weight excluding hydrogens is 490 g/mol. The summed E-state index contributed by atoms with van der Waals surface area (Å²) in [7, 11) is -4.02. The van der Waals surface area contributed by atoms with Gasteiger partial charge in [-0.15, -0.1) is 0 Å². The van der Waals surface area contributed by atoms with Gasteiger partial charge in [0.15, 0.2) is 14.6 Å². The summed E-state index contributed by atoms with van der Waals surface area (Å²) in [5.74, 6) is 1.32. The molecule has 2 fully saturated rings. The molecule has 2 N–H and O–H groups in total. The molecular formula is C24H29N3O6S2. The van der Waals surface area contributed by atoms with Gasteiger partial charge in [-0.2, -0.15) is 11.8 Å². The van der Waals surface area contributed by atoms with E-state index >= 15 is 0 Å². The molecule has 188 valence electrons. The lowest BCUT2D eigenvalue weighted by atomic mass is 10.0. The third-order valence-corrected chi connectivity index (χ3v) is 10.1. The van der Waals surface area contributed by atoms with Gasteiger partial charge >= 0.3 is 0 Å². The van der Waals surface area contributed by atoms with Crippen molar-refractivity contribution >= 4 is 39.1 Å². The van der Waals surface area contributed by atoms with E-state index in [9.17, 15) is 23.2 Å². The maximum absolute atomic E-state index is 13.4. The Hall–Kier alpha value is -2.76. The number of ether oxygens (including phenoxy) is 1. The minimum atomic E-state index is -4.02. The number of benzene rings is 2. The second-order valence-electron chi connectivity index (χ2n) is 8.61. The first-order chi connectivity index (χ1) is 16.8. The van der Waals surface area contributed by atoms with Crippen molar-refractivity contribution in [2.24, 2.45) is 0 Å². The predicted molar refractivity (Wildman–Crippen MR) is 134 cm³/mol. The number of nitrogens with zero attached hydrogens (tertiary/aromatic N) is 2. The van der Waals surface area contributed by atoms with Gasteiger partial charge in [-0.05, 0) is 72.9 Å². The third-order valence-electron chi connectivity index (χ3n) is 6.63. The number of hydrogen-bond donors (Lipinski definition) is 2. The Morgan fingerprint density at radius 2 is 1.49 bits per heavy atom. The highest BCUT2D eigenvalue weighted by Gasteiger charge is 2.51. The Balaban J connectivity index is 1.44. The van der Waals surface area contributed by atoms with Gasteiger partial charge in [-0.1, -0.05) is 0 Å². The molecule has 35 heavy (non-hydrogen) atoms. The van der Waals surface area contributed by atoms with Crippen LogP contribution in [0.5, 0.6) is 11.5 Å². The third kappa shape index (κ3) is 5.12. The first-order valence-electron chi connectivity index (χ1n) is 11.4. The summed E-state index contributed by atoms with van der Waals surface area (Å²) in [6, 6.07) is 13.6. The molecule has 0 radical (unpaired) electrons. The van der Waals surface area contributed by atoms with Crippen LogP contribution in [0.4, 0.5) is 5.69 Å². The lowest BCUT2D eigenvalue weighted by Gasteiger charge is -2.35. The Kier molecular flexibility index (Phi) is 7.58. The van der Waals surface area contributed by atoms with Crippen LogP contribution in [0.1, 0.15) is 19.8 Å². The van der Waals surface area contributed by atoms with E-state index in [0.717, 1.165) is 18.8 Å². The van der Waals surface area contributed by atoms with Crippen LogP contribution in [0, 0.1) is 0 Å². The smallest absolute Gasteiger partial charge is 0.265 e. The van der Waals surface area contributed by atoms with Crippen molar-refractivity contribution in [2.75, 3.05) is 42.6 Å². The van der Waals surface area contributed by atoms with Crippen LogP contribution >= 0.6 is 11.8 Å². The predicted octanol–water partition coefficient (Wildman–Crippen LogP) is 2.69. The summed E-state index contributed by atoms with van der Waals surface area (Å²) in [6.45, 7) is 4.52. The van der Waals surface area contributed by atoms with Crippen molar-refractivity contribution in [3.63, 3.8) is 0 Å². The molecule has 0 saturated carbocycles. The molecule has 0 bridgehead atoms. The number of sulfone groups is 1. The summed E-state index contributed by atoms with van der Waals surface area (Å²) < 4.78 is 31.0. The number of amides is 2. The molecule has 2 heterocycles. The molecule has 2 aromatic rings. The van der Waals surface area contributed by atoms with Gasteiger partial charge in [-0.3, -0.25) is 14.8 Å². The highest BCUT2D eigenvalue weighted by atomic mass is 32.2. The number of thioether (sulfide) groups is 1. The molecule has 9 nitrogen and oxygen atoms in total. The van der Waals surface area contributed by atoms with E-state index < -0.39 is 20.5 Å². The van der Waals surface area contributed by atoms with E-state index in [0.29, 0.717) is 36.1 Å². The molecule has 0 aliphatic carbocycles. The van der Waals surface area contributed by atoms with Crippen LogP contribution in [-0.4, -0.2) is 72.8 Å². The van der Waals surface area contributed by atoms with E-state index in [4.69, 9.17) is 4.74 Å². The first-order valence-corrected chi connectivity index (χ1v) is 14.1. The van der Waals surface area contributed by atoms with Crippen molar-refractivity contribution in [2.45, 2.75) is 29.4 Å². The number of nitrogens with one attached hydrogen (secondary N) is 1. The normalized spacial score (nSPS) is 18.1. The number of hydrogen-bond acceptors (Lipinski definition) is 8. The summed E-state index contributed by atoms with van der Waals surface area (Å²) in [5.41, 5.74) is 2.60. The fourth-order valence-electron chi connectivity index (χ4n) is 4.47. The zero-order valence-corrected chi connectivity index (χ0v) is 21.1. The molecule has 0 unspecified atom stereocenters. The monoisotopic (exact) mass is 519 g/mol. The Labute approximate surface area is 209 Å². The highest BCUT2D eigenvalue weighted by Crippen LogP contribution is 2.39. The molecule has 0 spiro atoms. The molecule has 4 rings (SSSR count). The second kappa shape index (κ2) is 10.5. The number of carbonyl (C=O) groups excluding carboxylic acids is 2. The maximum Gasteiger partial charge on any atom is 0.265 e. The molecule has 2 aliphatic rings. The zero-order valence-electron chi connectivity index (χ0n) is 19.5. The van der Waals surface area contributed by atoms with E-state index in [-0.39, 0.29) is 23.6 Å². The zero-order chi connectivity index (χ0) is 25.1. The lowest BCUT2D eigenvalue weighted by Crippen LogP contribution is -2.53. The molecule has 2 aromatic carbocycles.